The fourth-order valence-electron chi connectivity index (χ4n) is 2.15. The van der Waals surface area contributed by atoms with E-state index in [1.54, 1.807) is 18.3 Å². The Labute approximate surface area is 140 Å². The van der Waals surface area contributed by atoms with Crippen LogP contribution in [0.4, 0.5) is 0 Å². The highest BCUT2D eigenvalue weighted by Crippen LogP contribution is 2.14. The van der Waals surface area contributed by atoms with Gasteiger partial charge in [-0.3, -0.25) is 19.1 Å². The maximum atomic E-state index is 12.4. The van der Waals surface area contributed by atoms with Gasteiger partial charge in [0.1, 0.15) is 6.54 Å². The summed E-state index contributed by atoms with van der Waals surface area (Å²) in [7, 11) is 0. The highest BCUT2D eigenvalue weighted by molar-refractivity contribution is 9.10. The summed E-state index contributed by atoms with van der Waals surface area (Å²) in [4.78, 5) is 32.7. The number of carbonyl (C=O) groups excluding carboxylic acids is 1. The fourth-order valence-corrected chi connectivity index (χ4v) is 2.51. The Morgan fingerprint density at radius 1 is 1.22 bits per heavy atom. The zero-order valence-corrected chi connectivity index (χ0v) is 13.7. The smallest absolute Gasteiger partial charge is 0.261 e. The second-order valence-corrected chi connectivity index (χ2v) is 5.85. The predicted octanol–water partition coefficient (Wildman–Crippen LogP) is 1.87. The number of carbonyl (C=O) groups is 1. The summed E-state index contributed by atoms with van der Waals surface area (Å²) in [5.41, 5.74) is 1.11. The van der Waals surface area contributed by atoms with Crippen LogP contribution < -0.4 is 10.9 Å². The molecule has 0 aliphatic carbocycles. The Morgan fingerprint density at radius 3 is 2.87 bits per heavy atom. The van der Waals surface area contributed by atoms with E-state index in [1.165, 1.54) is 10.9 Å². The van der Waals surface area contributed by atoms with Crippen molar-refractivity contribution in [2.75, 3.05) is 0 Å². The predicted molar refractivity (Wildman–Crippen MR) is 89.8 cm³/mol. The third kappa shape index (κ3) is 3.62. The molecule has 2 aromatic heterocycles. The van der Waals surface area contributed by atoms with E-state index in [-0.39, 0.29) is 18.0 Å². The van der Waals surface area contributed by atoms with Crippen LogP contribution in [0.5, 0.6) is 0 Å². The van der Waals surface area contributed by atoms with Gasteiger partial charge < -0.3 is 5.32 Å². The Morgan fingerprint density at radius 2 is 2.09 bits per heavy atom. The molecule has 0 unspecified atom stereocenters. The van der Waals surface area contributed by atoms with Crippen molar-refractivity contribution in [3.63, 3.8) is 0 Å². The molecule has 3 rings (SSSR count). The van der Waals surface area contributed by atoms with E-state index in [0.717, 1.165) is 10.2 Å². The molecule has 0 saturated carbocycles. The van der Waals surface area contributed by atoms with Crippen molar-refractivity contribution >= 4 is 32.7 Å². The Bertz CT molecular complexity index is 909. The maximum absolute atomic E-state index is 12.4. The van der Waals surface area contributed by atoms with Crippen LogP contribution in [-0.4, -0.2) is 20.4 Å². The molecule has 0 aliphatic rings. The molecule has 0 radical (unpaired) electrons. The van der Waals surface area contributed by atoms with Crippen LogP contribution in [0.25, 0.3) is 10.9 Å². The first kappa shape index (κ1) is 15.4. The van der Waals surface area contributed by atoms with Crippen molar-refractivity contribution in [2.45, 2.75) is 13.1 Å². The third-order valence-corrected chi connectivity index (χ3v) is 3.79. The summed E-state index contributed by atoms with van der Waals surface area (Å²) in [6.07, 6.45) is 3.05. The summed E-state index contributed by atoms with van der Waals surface area (Å²) < 4.78 is 2.09. The monoisotopic (exact) mass is 372 g/mol. The number of amides is 1. The largest absolute Gasteiger partial charge is 0.349 e. The van der Waals surface area contributed by atoms with Crippen LogP contribution in [-0.2, 0) is 17.9 Å². The average Bonchev–Trinajstić information content (AvgIpc) is 2.57. The molecule has 1 amide bonds. The lowest BCUT2D eigenvalue weighted by molar-refractivity contribution is -0.121. The number of hydrogen-bond donors (Lipinski definition) is 1. The molecular formula is C16H13BrN4O2. The number of nitrogens with zero attached hydrogens (tertiary/aromatic N) is 3. The lowest BCUT2D eigenvalue weighted by atomic mass is 10.2. The van der Waals surface area contributed by atoms with Gasteiger partial charge in [0.05, 0.1) is 29.5 Å². The normalized spacial score (nSPS) is 10.7. The van der Waals surface area contributed by atoms with Crippen molar-refractivity contribution < 1.29 is 4.79 Å². The quantitative estimate of drug-likeness (QED) is 0.758. The van der Waals surface area contributed by atoms with E-state index in [0.29, 0.717) is 17.4 Å². The molecule has 6 nitrogen and oxygen atoms in total. The van der Waals surface area contributed by atoms with E-state index in [1.807, 2.05) is 24.3 Å². The van der Waals surface area contributed by atoms with Gasteiger partial charge in [0.2, 0.25) is 5.91 Å². The van der Waals surface area contributed by atoms with Gasteiger partial charge in [-0.15, -0.1) is 0 Å². The van der Waals surface area contributed by atoms with Crippen LogP contribution in [0.1, 0.15) is 5.69 Å². The lowest BCUT2D eigenvalue weighted by Crippen LogP contribution is -2.32. The maximum Gasteiger partial charge on any atom is 0.261 e. The summed E-state index contributed by atoms with van der Waals surface area (Å²) in [5, 5.41) is 3.21. The molecule has 23 heavy (non-hydrogen) atoms. The minimum Gasteiger partial charge on any atom is -0.349 e. The minimum absolute atomic E-state index is 0.0822. The standard InChI is InChI=1S/C16H13BrN4O2/c17-11-4-5-14-13(7-11)16(23)21(10-20-14)9-15(22)19-8-12-3-1-2-6-18-12/h1-7,10H,8-9H2,(H,19,22). The lowest BCUT2D eigenvalue weighted by Gasteiger charge is -2.08. The first-order valence-electron chi connectivity index (χ1n) is 6.95. The number of nitrogens with one attached hydrogen (secondary N) is 1. The summed E-state index contributed by atoms with van der Waals surface area (Å²) >= 11 is 3.33. The molecule has 0 fully saturated rings. The van der Waals surface area contributed by atoms with Gasteiger partial charge in [0.25, 0.3) is 5.56 Å². The van der Waals surface area contributed by atoms with Crippen LogP contribution in [0.15, 0.2) is 58.2 Å². The molecule has 2 heterocycles. The van der Waals surface area contributed by atoms with Crippen LogP contribution in [0.3, 0.4) is 0 Å². The highest BCUT2D eigenvalue weighted by Gasteiger charge is 2.08. The van der Waals surface area contributed by atoms with Gasteiger partial charge in [-0.2, -0.15) is 0 Å². The van der Waals surface area contributed by atoms with Crippen LogP contribution >= 0.6 is 15.9 Å². The van der Waals surface area contributed by atoms with Crippen molar-refractivity contribution in [3.8, 4) is 0 Å². The summed E-state index contributed by atoms with van der Waals surface area (Å²) in [6, 6.07) is 10.8. The number of rotatable bonds is 4. The van der Waals surface area contributed by atoms with Crippen molar-refractivity contribution in [2.24, 2.45) is 0 Å². The van der Waals surface area contributed by atoms with E-state index >= 15 is 0 Å². The first-order chi connectivity index (χ1) is 11.1. The number of hydrogen-bond acceptors (Lipinski definition) is 4. The third-order valence-electron chi connectivity index (χ3n) is 3.29. The second-order valence-electron chi connectivity index (χ2n) is 4.94. The highest BCUT2D eigenvalue weighted by atomic mass is 79.9. The first-order valence-corrected chi connectivity index (χ1v) is 7.74. The number of pyridine rings is 1. The zero-order chi connectivity index (χ0) is 16.2. The number of benzene rings is 1. The van der Waals surface area contributed by atoms with Gasteiger partial charge in [0, 0.05) is 10.7 Å². The van der Waals surface area contributed by atoms with Gasteiger partial charge in [-0.05, 0) is 30.3 Å². The van der Waals surface area contributed by atoms with Gasteiger partial charge in [-0.1, -0.05) is 22.0 Å². The fraction of sp³-hybridized carbons (Fsp3) is 0.125. The van der Waals surface area contributed by atoms with Crippen LogP contribution in [0.2, 0.25) is 0 Å². The minimum atomic E-state index is -0.270. The second kappa shape index (κ2) is 6.70. The molecule has 1 aromatic carbocycles. The van der Waals surface area contributed by atoms with Gasteiger partial charge in [0.15, 0.2) is 0 Å². The Balaban J connectivity index is 1.75. The molecule has 0 bridgehead atoms. The number of halogens is 1. The van der Waals surface area contributed by atoms with Crippen molar-refractivity contribution in [1.29, 1.82) is 0 Å². The molecule has 0 spiro atoms. The van der Waals surface area contributed by atoms with E-state index in [2.05, 4.69) is 31.2 Å². The van der Waals surface area contributed by atoms with Crippen molar-refractivity contribution in [1.82, 2.24) is 19.9 Å². The zero-order valence-electron chi connectivity index (χ0n) is 12.1. The van der Waals surface area contributed by atoms with Crippen molar-refractivity contribution in [3.05, 3.63) is 69.4 Å². The molecule has 3 aromatic rings. The number of fused-ring (bicyclic) bond motifs is 1. The molecule has 0 saturated heterocycles. The number of aromatic nitrogens is 3. The van der Waals surface area contributed by atoms with Gasteiger partial charge in [-0.25, -0.2) is 4.98 Å². The molecule has 7 heteroatoms. The molecule has 116 valence electrons. The summed E-state index contributed by atoms with van der Waals surface area (Å²) in [6.45, 7) is 0.238. The average molecular weight is 373 g/mol. The Kier molecular flexibility index (Phi) is 4.47. The van der Waals surface area contributed by atoms with E-state index in [9.17, 15) is 9.59 Å². The van der Waals surface area contributed by atoms with Gasteiger partial charge >= 0.3 is 0 Å². The Hall–Kier alpha value is -2.54. The van der Waals surface area contributed by atoms with E-state index < -0.39 is 0 Å². The van der Waals surface area contributed by atoms with E-state index in [4.69, 9.17) is 0 Å². The molecule has 0 aliphatic heterocycles. The summed E-state index contributed by atoms with van der Waals surface area (Å²) in [5.74, 6) is -0.270. The molecule has 1 N–H and O–H groups in total. The van der Waals surface area contributed by atoms with Crippen LogP contribution in [0, 0.1) is 0 Å². The molecular weight excluding hydrogens is 360 g/mol. The molecule has 0 atom stereocenters. The topological polar surface area (TPSA) is 76.9 Å². The SMILES string of the molecule is O=C(Cn1cnc2ccc(Br)cc2c1=O)NCc1ccccn1.